The maximum Gasteiger partial charge on any atom is 0.183 e. The molecule has 1 heterocycles. The molecule has 0 aliphatic rings. The highest BCUT2D eigenvalue weighted by atomic mass is 16.5. The van der Waals surface area contributed by atoms with Gasteiger partial charge in [-0.05, 0) is 18.1 Å². The molecule has 0 spiro atoms. The lowest BCUT2D eigenvalue weighted by Gasteiger charge is -2.13. The van der Waals surface area contributed by atoms with Gasteiger partial charge in [-0.3, -0.25) is 0 Å². The van der Waals surface area contributed by atoms with Crippen LogP contribution >= 0.6 is 0 Å². The molecule has 2 aromatic rings. The number of benzene rings is 1. The molecule has 1 unspecified atom stereocenters. The molecule has 82 valence electrons. The number of aryl methyl sites for hydroxylation is 1. The van der Waals surface area contributed by atoms with Crippen molar-refractivity contribution in [3.05, 3.63) is 70.7 Å². The second-order valence-electron chi connectivity index (χ2n) is 3.76. The molecule has 1 N–H and O–H groups in total. The summed E-state index contributed by atoms with van der Waals surface area (Å²) in [7, 11) is 0. The number of pyridine rings is 1. The Balaban J connectivity index is 2.38. The summed E-state index contributed by atoms with van der Waals surface area (Å²) >= 11 is 0. The highest BCUT2D eigenvalue weighted by molar-refractivity contribution is 5.32. The minimum Gasteiger partial charge on any atom is -0.619 e. The normalized spacial score (nSPS) is 12.4. The molecule has 1 aromatic carbocycles. The molecular weight excluding hydrogens is 202 g/mol. The molecule has 3 heteroatoms. The summed E-state index contributed by atoms with van der Waals surface area (Å²) in [5, 5.41) is 21.2. The fourth-order valence-electron chi connectivity index (χ4n) is 1.72. The van der Waals surface area contributed by atoms with E-state index in [1.807, 2.05) is 37.3 Å². The van der Waals surface area contributed by atoms with Gasteiger partial charge in [0.25, 0.3) is 0 Å². The van der Waals surface area contributed by atoms with Gasteiger partial charge in [0, 0.05) is 11.6 Å². The number of hydrogen-bond acceptors (Lipinski definition) is 2. The molecule has 3 nitrogen and oxygen atoms in total. The quantitative estimate of drug-likeness (QED) is 0.612. The van der Waals surface area contributed by atoms with Gasteiger partial charge in [0.1, 0.15) is 6.10 Å². The summed E-state index contributed by atoms with van der Waals surface area (Å²) in [6.45, 7) is 1.82. The average molecular weight is 215 g/mol. The van der Waals surface area contributed by atoms with E-state index in [9.17, 15) is 10.3 Å². The summed E-state index contributed by atoms with van der Waals surface area (Å²) in [4.78, 5) is 0. The van der Waals surface area contributed by atoms with Crippen LogP contribution in [0, 0.1) is 12.1 Å². The Morgan fingerprint density at radius 3 is 2.50 bits per heavy atom. The van der Waals surface area contributed by atoms with Gasteiger partial charge < -0.3 is 10.3 Å². The van der Waals surface area contributed by atoms with Crippen molar-refractivity contribution in [2.45, 2.75) is 13.0 Å². The first-order valence-electron chi connectivity index (χ1n) is 5.11. The molecular formula is C13H13NO2. The molecule has 0 amide bonds. The largest absolute Gasteiger partial charge is 0.619 e. The van der Waals surface area contributed by atoms with E-state index in [0.717, 1.165) is 21.4 Å². The van der Waals surface area contributed by atoms with E-state index in [1.54, 1.807) is 6.07 Å². The third kappa shape index (κ3) is 2.04. The Bertz CT molecular complexity index is 483. The number of aromatic nitrogens is 1. The van der Waals surface area contributed by atoms with E-state index in [2.05, 4.69) is 0 Å². The Kier molecular flexibility index (Phi) is 2.88. The molecule has 2 rings (SSSR count). The molecule has 0 radical (unpaired) electrons. The van der Waals surface area contributed by atoms with Gasteiger partial charge in [-0.25, -0.2) is 0 Å². The minimum absolute atomic E-state index is 0.678. The average Bonchev–Trinajstić information content (AvgIpc) is 2.29. The van der Waals surface area contributed by atoms with Crippen LogP contribution in [-0.4, -0.2) is 5.11 Å². The van der Waals surface area contributed by atoms with Crippen LogP contribution in [0.4, 0.5) is 0 Å². The van der Waals surface area contributed by atoms with E-state index >= 15 is 0 Å². The van der Waals surface area contributed by atoms with Gasteiger partial charge in [0.15, 0.2) is 12.4 Å². The summed E-state index contributed by atoms with van der Waals surface area (Å²) in [5.41, 5.74) is 2.38. The smallest absolute Gasteiger partial charge is 0.183 e. The van der Waals surface area contributed by atoms with E-state index in [4.69, 9.17) is 0 Å². The Labute approximate surface area is 94.2 Å². The fourth-order valence-corrected chi connectivity index (χ4v) is 1.72. The highest BCUT2D eigenvalue weighted by Gasteiger charge is 2.13. The lowest BCUT2D eigenvalue weighted by molar-refractivity contribution is -0.605. The number of aliphatic hydroxyl groups excluding tert-OH is 1. The Morgan fingerprint density at radius 2 is 1.88 bits per heavy atom. The fraction of sp³-hybridized carbons (Fsp3) is 0.154. The second kappa shape index (κ2) is 4.33. The Hall–Kier alpha value is -1.87. The summed E-state index contributed by atoms with van der Waals surface area (Å²) < 4.78 is 0.733. The lowest BCUT2D eigenvalue weighted by atomic mass is 9.99. The van der Waals surface area contributed by atoms with Crippen LogP contribution in [0.5, 0.6) is 0 Å². The number of nitrogens with zero attached hydrogens (tertiary/aromatic N) is 1. The molecule has 0 fully saturated rings. The zero-order chi connectivity index (χ0) is 11.5. The van der Waals surface area contributed by atoms with Crippen molar-refractivity contribution in [2.75, 3.05) is 0 Å². The van der Waals surface area contributed by atoms with Crippen LogP contribution in [0.3, 0.4) is 0 Å². The van der Waals surface area contributed by atoms with Crippen LogP contribution in [0.15, 0.2) is 48.8 Å². The topological polar surface area (TPSA) is 47.2 Å². The number of hydrogen-bond donors (Lipinski definition) is 1. The van der Waals surface area contributed by atoms with Crippen LogP contribution in [0.1, 0.15) is 22.8 Å². The van der Waals surface area contributed by atoms with E-state index in [1.165, 1.54) is 12.4 Å². The molecule has 1 atom stereocenters. The number of rotatable bonds is 2. The predicted molar refractivity (Wildman–Crippen MR) is 60.6 cm³/mol. The minimum atomic E-state index is -0.678. The third-order valence-electron chi connectivity index (χ3n) is 2.59. The van der Waals surface area contributed by atoms with Crippen LogP contribution < -0.4 is 4.73 Å². The number of aliphatic hydroxyl groups is 1. The summed E-state index contributed by atoms with van der Waals surface area (Å²) in [6.07, 6.45) is 2.18. The molecule has 1 aromatic heterocycles. The van der Waals surface area contributed by atoms with Crippen molar-refractivity contribution >= 4 is 0 Å². The lowest BCUT2D eigenvalue weighted by Crippen LogP contribution is -2.25. The molecule has 16 heavy (non-hydrogen) atoms. The first-order chi connectivity index (χ1) is 7.68. The first-order valence-corrected chi connectivity index (χ1v) is 5.11. The van der Waals surface area contributed by atoms with E-state index < -0.39 is 6.10 Å². The molecule has 0 saturated heterocycles. The maximum atomic E-state index is 11.0. The van der Waals surface area contributed by atoms with Gasteiger partial charge in [0.2, 0.25) is 0 Å². The van der Waals surface area contributed by atoms with Crippen LogP contribution in [0.25, 0.3) is 0 Å². The molecule has 0 bridgehead atoms. The van der Waals surface area contributed by atoms with Gasteiger partial charge in [-0.2, -0.15) is 4.73 Å². The highest BCUT2D eigenvalue weighted by Crippen LogP contribution is 2.23. The molecule has 0 saturated carbocycles. The van der Waals surface area contributed by atoms with Gasteiger partial charge in [-0.1, -0.05) is 30.3 Å². The van der Waals surface area contributed by atoms with Gasteiger partial charge >= 0.3 is 0 Å². The molecule has 0 aliphatic heterocycles. The van der Waals surface area contributed by atoms with Crippen molar-refractivity contribution in [3.63, 3.8) is 0 Å². The van der Waals surface area contributed by atoms with Crippen molar-refractivity contribution < 1.29 is 9.84 Å². The van der Waals surface area contributed by atoms with Crippen LogP contribution in [0.2, 0.25) is 0 Å². The maximum absolute atomic E-state index is 11.0. The van der Waals surface area contributed by atoms with Crippen molar-refractivity contribution in [1.82, 2.24) is 0 Å². The standard InChI is InChI=1S/C13H13NO2/c1-10-9-14(16)8-7-12(10)13(15)11-5-3-2-4-6-11/h2-9,13,15H,1H3. The predicted octanol–water partition coefficient (Wildman–Crippen LogP) is 1.71. The van der Waals surface area contributed by atoms with Gasteiger partial charge in [-0.15, -0.1) is 0 Å². The van der Waals surface area contributed by atoms with E-state index in [-0.39, 0.29) is 0 Å². The zero-order valence-corrected chi connectivity index (χ0v) is 9.00. The second-order valence-corrected chi connectivity index (χ2v) is 3.76. The first kappa shape index (κ1) is 10.6. The summed E-state index contributed by atoms with van der Waals surface area (Å²) in [5.74, 6) is 0. The van der Waals surface area contributed by atoms with Gasteiger partial charge in [0.05, 0.1) is 0 Å². The van der Waals surface area contributed by atoms with Crippen molar-refractivity contribution in [2.24, 2.45) is 0 Å². The van der Waals surface area contributed by atoms with Crippen molar-refractivity contribution in [1.29, 1.82) is 0 Å². The van der Waals surface area contributed by atoms with Crippen LogP contribution in [-0.2, 0) is 0 Å². The Morgan fingerprint density at radius 1 is 1.19 bits per heavy atom. The third-order valence-corrected chi connectivity index (χ3v) is 2.59. The SMILES string of the molecule is Cc1c[n+]([O-])ccc1C(O)c1ccccc1. The monoisotopic (exact) mass is 215 g/mol. The van der Waals surface area contributed by atoms with E-state index in [0.29, 0.717) is 0 Å². The zero-order valence-electron chi connectivity index (χ0n) is 9.00. The molecule has 0 aliphatic carbocycles. The summed E-state index contributed by atoms with van der Waals surface area (Å²) in [6, 6.07) is 11.0. The van der Waals surface area contributed by atoms with Crippen molar-refractivity contribution in [3.8, 4) is 0 Å².